The van der Waals surface area contributed by atoms with E-state index in [-0.39, 0.29) is 11.7 Å². The molecule has 0 radical (unpaired) electrons. The molecule has 0 aliphatic heterocycles. The lowest BCUT2D eigenvalue weighted by Crippen LogP contribution is -2.45. The Balaban J connectivity index is 1.64. The molecule has 1 aromatic heterocycles. The first-order chi connectivity index (χ1) is 15.1. The summed E-state index contributed by atoms with van der Waals surface area (Å²) in [7, 11) is 0. The van der Waals surface area contributed by atoms with E-state index in [1.54, 1.807) is 22.5 Å². The van der Waals surface area contributed by atoms with Crippen molar-refractivity contribution in [3.63, 3.8) is 0 Å². The summed E-state index contributed by atoms with van der Waals surface area (Å²) in [6.45, 7) is 0.331. The molecule has 31 heavy (non-hydrogen) atoms. The molecule has 0 saturated heterocycles. The van der Waals surface area contributed by atoms with E-state index in [0.717, 1.165) is 28.1 Å². The fourth-order valence-electron chi connectivity index (χ4n) is 3.43. The van der Waals surface area contributed by atoms with E-state index in [1.807, 2.05) is 60.0 Å². The maximum Gasteiger partial charge on any atom is 0.244 e. The van der Waals surface area contributed by atoms with Gasteiger partial charge in [0.2, 0.25) is 5.91 Å². The monoisotopic (exact) mass is 431 g/mol. The number of aromatic nitrogens is 1. The van der Waals surface area contributed by atoms with Crippen molar-refractivity contribution in [3.05, 3.63) is 107 Å². The molecule has 1 amide bonds. The smallest absolute Gasteiger partial charge is 0.244 e. The number of rotatable bonds is 7. The van der Waals surface area contributed by atoms with Crippen LogP contribution in [0.3, 0.4) is 0 Å². The molecule has 4 aromatic rings. The fraction of sp³-hybridized carbons (Fsp3) is 0.120. The molecule has 0 spiro atoms. The van der Waals surface area contributed by atoms with Crippen LogP contribution in [0.15, 0.2) is 89.8 Å². The van der Waals surface area contributed by atoms with Crippen molar-refractivity contribution in [3.8, 4) is 11.1 Å². The van der Waals surface area contributed by atoms with Crippen molar-refractivity contribution in [1.29, 1.82) is 0 Å². The number of halogens is 1. The van der Waals surface area contributed by atoms with Crippen LogP contribution in [0.1, 0.15) is 11.3 Å². The molecule has 4 nitrogen and oxygen atoms in total. The molecule has 4 rings (SSSR count). The quantitative estimate of drug-likeness (QED) is 0.445. The van der Waals surface area contributed by atoms with Gasteiger partial charge in [0.15, 0.2) is 0 Å². The molecule has 0 aliphatic carbocycles. The highest BCUT2D eigenvalue weighted by molar-refractivity contribution is 7.07. The van der Waals surface area contributed by atoms with Gasteiger partial charge >= 0.3 is 0 Å². The Morgan fingerprint density at radius 1 is 1.00 bits per heavy atom. The van der Waals surface area contributed by atoms with E-state index in [1.165, 1.54) is 23.5 Å². The van der Waals surface area contributed by atoms with E-state index in [2.05, 4.69) is 4.98 Å². The van der Waals surface area contributed by atoms with Crippen molar-refractivity contribution >= 4 is 22.9 Å². The second-order valence-electron chi connectivity index (χ2n) is 7.26. The second kappa shape index (κ2) is 9.64. The third-order valence-electron chi connectivity index (χ3n) is 5.02. The average molecular weight is 432 g/mol. The number of carbonyl (C=O) groups excluding carboxylic acids is 1. The highest BCUT2D eigenvalue weighted by Gasteiger charge is 2.24. The van der Waals surface area contributed by atoms with Crippen LogP contribution >= 0.6 is 11.3 Å². The summed E-state index contributed by atoms with van der Waals surface area (Å²) in [6.07, 6.45) is 0.449. The summed E-state index contributed by atoms with van der Waals surface area (Å²) in [5.74, 6) is -0.458. The van der Waals surface area contributed by atoms with Crippen molar-refractivity contribution < 1.29 is 9.18 Å². The number of thiazole rings is 1. The first-order valence-corrected chi connectivity index (χ1v) is 10.9. The lowest BCUT2D eigenvalue weighted by atomic mass is 10.0. The van der Waals surface area contributed by atoms with Crippen LogP contribution in [0.25, 0.3) is 11.1 Å². The second-order valence-corrected chi connectivity index (χ2v) is 7.98. The first-order valence-electron chi connectivity index (χ1n) is 9.94. The van der Waals surface area contributed by atoms with E-state index in [4.69, 9.17) is 5.73 Å². The minimum atomic E-state index is -0.685. The van der Waals surface area contributed by atoms with E-state index >= 15 is 0 Å². The standard InChI is InChI=1S/C25H22FN3OS/c26-21-11-9-19(10-12-21)20-7-4-8-23(14-20)29(15-22-16-31-17-28-22)25(30)24(27)13-18-5-2-1-3-6-18/h1-12,14,16-17,24H,13,15,27H2/t24-/m0/s1. The molecular formula is C25H22FN3OS. The number of hydrogen-bond acceptors (Lipinski definition) is 4. The SMILES string of the molecule is N[C@@H](Cc1ccccc1)C(=O)N(Cc1cscn1)c1cccc(-c2ccc(F)cc2)c1. The van der Waals surface area contributed by atoms with Gasteiger partial charge in [-0.1, -0.05) is 54.6 Å². The zero-order valence-electron chi connectivity index (χ0n) is 16.8. The lowest BCUT2D eigenvalue weighted by molar-refractivity contribution is -0.120. The summed E-state index contributed by atoms with van der Waals surface area (Å²) in [4.78, 5) is 19.4. The first kappa shape index (κ1) is 20.9. The van der Waals surface area contributed by atoms with Gasteiger partial charge in [-0.2, -0.15) is 0 Å². The Bertz CT molecular complexity index is 1130. The number of carbonyl (C=O) groups is 1. The molecule has 0 aliphatic rings. The third-order valence-corrected chi connectivity index (χ3v) is 5.66. The van der Waals surface area contributed by atoms with Crippen LogP contribution in [0, 0.1) is 5.82 Å². The third kappa shape index (κ3) is 5.23. The van der Waals surface area contributed by atoms with Crippen LogP contribution in [0.4, 0.5) is 10.1 Å². The average Bonchev–Trinajstić information content (AvgIpc) is 3.32. The molecule has 156 valence electrons. The van der Waals surface area contributed by atoms with E-state index in [0.29, 0.717) is 13.0 Å². The molecule has 2 N–H and O–H groups in total. The Labute approximate surface area is 184 Å². The predicted octanol–water partition coefficient (Wildman–Crippen LogP) is 5.05. The summed E-state index contributed by atoms with van der Waals surface area (Å²) < 4.78 is 13.3. The van der Waals surface area contributed by atoms with Gasteiger partial charge < -0.3 is 10.6 Å². The summed E-state index contributed by atoms with van der Waals surface area (Å²) in [5, 5.41) is 1.92. The van der Waals surface area contributed by atoms with Crippen molar-refractivity contribution in [2.45, 2.75) is 19.0 Å². The largest absolute Gasteiger partial charge is 0.320 e. The van der Waals surface area contributed by atoms with Gasteiger partial charge in [-0.05, 0) is 47.4 Å². The van der Waals surface area contributed by atoms with Crippen LogP contribution in [0.5, 0.6) is 0 Å². The van der Waals surface area contributed by atoms with Gasteiger partial charge in [-0.25, -0.2) is 9.37 Å². The molecule has 6 heteroatoms. The number of anilines is 1. The highest BCUT2D eigenvalue weighted by Crippen LogP contribution is 2.27. The minimum absolute atomic E-state index is 0.173. The van der Waals surface area contributed by atoms with Crippen LogP contribution < -0.4 is 10.6 Å². The number of nitrogens with two attached hydrogens (primary N) is 1. The maximum atomic E-state index is 13.4. The number of hydrogen-bond donors (Lipinski definition) is 1. The van der Waals surface area contributed by atoms with Gasteiger partial charge in [-0.15, -0.1) is 11.3 Å². The van der Waals surface area contributed by atoms with Gasteiger partial charge in [0.25, 0.3) is 0 Å². The summed E-state index contributed by atoms with van der Waals surface area (Å²) >= 11 is 1.49. The Morgan fingerprint density at radius 2 is 1.77 bits per heavy atom. The molecule has 0 bridgehead atoms. The van der Waals surface area contributed by atoms with E-state index < -0.39 is 6.04 Å². The number of amides is 1. The van der Waals surface area contributed by atoms with Gasteiger partial charge in [0, 0.05) is 11.1 Å². The predicted molar refractivity (Wildman–Crippen MR) is 123 cm³/mol. The molecule has 0 fully saturated rings. The van der Waals surface area contributed by atoms with Gasteiger partial charge in [-0.3, -0.25) is 4.79 Å². The Morgan fingerprint density at radius 3 is 2.48 bits per heavy atom. The summed E-state index contributed by atoms with van der Waals surface area (Å²) in [5.41, 5.74) is 12.4. The Hall–Kier alpha value is -3.35. The minimum Gasteiger partial charge on any atom is -0.320 e. The molecular weight excluding hydrogens is 409 g/mol. The molecule has 1 atom stereocenters. The number of benzene rings is 3. The fourth-order valence-corrected chi connectivity index (χ4v) is 3.97. The van der Waals surface area contributed by atoms with Crippen molar-refractivity contribution in [2.24, 2.45) is 5.73 Å². The van der Waals surface area contributed by atoms with Crippen molar-refractivity contribution in [2.75, 3.05) is 4.90 Å². The van der Waals surface area contributed by atoms with Gasteiger partial charge in [0.05, 0.1) is 23.8 Å². The van der Waals surface area contributed by atoms with Crippen LogP contribution in [-0.4, -0.2) is 16.9 Å². The summed E-state index contributed by atoms with van der Waals surface area (Å²) in [6, 6.07) is 23.0. The van der Waals surface area contributed by atoms with Crippen LogP contribution in [0.2, 0.25) is 0 Å². The van der Waals surface area contributed by atoms with Gasteiger partial charge in [0.1, 0.15) is 5.82 Å². The topological polar surface area (TPSA) is 59.2 Å². The zero-order valence-corrected chi connectivity index (χ0v) is 17.6. The van der Waals surface area contributed by atoms with Crippen molar-refractivity contribution in [1.82, 2.24) is 4.98 Å². The lowest BCUT2D eigenvalue weighted by Gasteiger charge is -2.26. The normalized spacial score (nSPS) is 11.8. The molecule has 1 heterocycles. The Kier molecular flexibility index (Phi) is 6.50. The molecule has 0 unspecified atom stereocenters. The number of nitrogens with zero attached hydrogens (tertiary/aromatic N) is 2. The van der Waals surface area contributed by atoms with Crippen LogP contribution in [-0.2, 0) is 17.8 Å². The highest BCUT2D eigenvalue weighted by atomic mass is 32.1. The van der Waals surface area contributed by atoms with E-state index in [9.17, 15) is 9.18 Å². The molecule has 3 aromatic carbocycles. The molecule has 0 saturated carbocycles. The maximum absolute atomic E-state index is 13.4. The zero-order chi connectivity index (χ0) is 21.6.